The lowest BCUT2D eigenvalue weighted by Crippen LogP contribution is -2.11. The van der Waals surface area contributed by atoms with E-state index in [0.29, 0.717) is 0 Å². The molecule has 0 bridgehead atoms. The fourth-order valence-corrected chi connectivity index (χ4v) is 10.9. The van der Waals surface area contributed by atoms with Crippen LogP contribution in [-0.4, -0.2) is 0 Å². The van der Waals surface area contributed by atoms with Crippen LogP contribution in [0.2, 0.25) is 0 Å². The van der Waals surface area contributed by atoms with E-state index < -0.39 is 0 Å². The number of rotatable bonds is 6. The lowest BCUT2D eigenvalue weighted by Gasteiger charge is -2.27. The SMILES string of the molecule is CC(C)(C)c1cccc2c1oc1c(N(c3ccccc3)c3cc4oc5cc(N(c6ccccc6)c6cccc7c6oc6c(C(C)(C)C)cccc67)c6ccccc6c5c4c4ccccc34)cccc12. The molecule has 3 heterocycles. The van der Waals surface area contributed by atoms with Gasteiger partial charge in [-0.3, -0.25) is 0 Å². The van der Waals surface area contributed by atoms with Gasteiger partial charge >= 0.3 is 0 Å². The molecule has 0 atom stereocenters. The Morgan fingerprint density at radius 3 is 1.01 bits per heavy atom. The summed E-state index contributed by atoms with van der Waals surface area (Å²) in [6.07, 6.45) is 0. The summed E-state index contributed by atoms with van der Waals surface area (Å²) < 4.78 is 21.4. The Kier molecular flexibility index (Phi) is 8.97. The van der Waals surface area contributed by atoms with Crippen molar-refractivity contribution < 1.29 is 13.3 Å². The van der Waals surface area contributed by atoms with Gasteiger partial charge in [0.1, 0.15) is 22.3 Å². The number of hydrogen-bond donors (Lipinski definition) is 0. The molecule has 0 aliphatic heterocycles. The molecule has 0 aliphatic carbocycles. The van der Waals surface area contributed by atoms with Gasteiger partial charge in [-0.05, 0) is 58.0 Å². The van der Waals surface area contributed by atoms with E-state index in [1.165, 1.54) is 11.1 Å². The highest BCUT2D eigenvalue weighted by atomic mass is 16.3. The summed E-state index contributed by atoms with van der Waals surface area (Å²) >= 11 is 0. The first-order chi connectivity index (χ1) is 33.5. The lowest BCUT2D eigenvalue weighted by atomic mass is 9.86. The third kappa shape index (κ3) is 6.30. The summed E-state index contributed by atoms with van der Waals surface area (Å²) in [7, 11) is 0. The van der Waals surface area contributed by atoms with E-state index in [9.17, 15) is 0 Å². The molecule has 0 spiro atoms. The zero-order valence-corrected chi connectivity index (χ0v) is 39.6. The largest absolute Gasteiger partial charge is 0.456 e. The van der Waals surface area contributed by atoms with Crippen molar-refractivity contribution in [3.8, 4) is 0 Å². The maximum absolute atomic E-state index is 7.27. The van der Waals surface area contributed by atoms with Crippen molar-refractivity contribution in [1.29, 1.82) is 0 Å². The Balaban J connectivity index is 1.09. The minimum absolute atomic E-state index is 0.103. The Labute approximate surface area is 400 Å². The number of nitrogens with zero attached hydrogens (tertiary/aromatic N) is 2. The highest BCUT2D eigenvalue weighted by molar-refractivity contribution is 6.30. The predicted octanol–water partition coefficient (Wildman–Crippen LogP) is 19.2. The predicted molar refractivity (Wildman–Crippen MR) is 290 cm³/mol. The molecule has 13 rings (SSSR count). The summed E-state index contributed by atoms with van der Waals surface area (Å²) in [5.41, 5.74) is 13.2. The fraction of sp³-hybridized carbons (Fsp3) is 0.125. The monoisotopic (exact) mass is 894 g/mol. The molecule has 69 heavy (non-hydrogen) atoms. The molecule has 0 saturated heterocycles. The average molecular weight is 895 g/mol. The Bertz CT molecular complexity index is 3890. The van der Waals surface area contributed by atoms with Gasteiger partial charge in [0.05, 0.1) is 22.7 Å². The maximum atomic E-state index is 7.27. The topological polar surface area (TPSA) is 45.9 Å². The number of benzene rings is 10. The Morgan fingerprint density at radius 1 is 0.290 bits per heavy atom. The van der Waals surface area contributed by atoms with Crippen molar-refractivity contribution in [2.45, 2.75) is 52.4 Å². The van der Waals surface area contributed by atoms with Gasteiger partial charge in [0.25, 0.3) is 0 Å². The summed E-state index contributed by atoms with van der Waals surface area (Å²) in [5.74, 6) is 0. The fourth-order valence-electron chi connectivity index (χ4n) is 10.9. The number of para-hydroxylation sites is 6. The van der Waals surface area contributed by atoms with Crippen LogP contribution >= 0.6 is 0 Å². The molecule has 0 amide bonds. The van der Waals surface area contributed by atoms with E-state index in [1.807, 2.05) is 0 Å². The molecule has 5 nitrogen and oxygen atoms in total. The second-order valence-electron chi connectivity index (χ2n) is 20.4. The van der Waals surface area contributed by atoms with E-state index in [-0.39, 0.29) is 10.8 Å². The molecule has 3 aromatic heterocycles. The van der Waals surface area contributed by atoms with Crippen LogP contribution in [0, 0.1) is 0 Å². The smallest absolute Gasteiger partial charge is 0.159 e. The van der Waals surface area contributed by atoms with E-state index in [0.717, 1.165) is 121 Å². The standard InChI is InChI=1S/C64H50N2O3/c1-63(2,3)49-33-17-29-45-47-31-19-35-51(61(47)68-59(45)49)65(39-21-9-7-10-22-39)53-37-55-57(43-27-15-13-25-41(43)53)58-44-28-16-14-26-42(44)54(38-56(58)67-55)66(40-23-11-8-12-24-40)52-36-20-32-48-46-30-18-34-50(64(4,5)6)60(46)69-62(48)52/h7-38H,1-6H3. The van der Waals surface area contributed by atoms with Crippen LogP contribution in [0.4, 0.5) is 34.1 Å². The van der Waals surface area contributed by atoms with Crippen LogP contribution in [0.3, 0.4) is 0 Å². The summed E-state index contributed by atoms with van der Waals surface area (Å²) in [6, 6.07) is 69.3. The Morgan fingerprint density at radius 2 is 0.623 bits per heavy atom. The number of anilines is 6. The number of hydrogen-bond acceptors (Lipinski definition) is 5. The molecule has 5 heteroatoms. The van der Waals surface area contributed by atoms with Crippen molar-refractivity contribution in [3.63, 3.8) is 0 Å². The second kappa shape index (κ2) is 15.1. The molecule has 0 saturated carbocycles. The quantitative estimate of drug-likeness (QED) is 0.166. The summed E-state index contributed by atoms with van der Waals surface area (Å²) in [5, 5.41) is 11.0. The van der Waals surface area contributed by atoms with Crippen LogP contribution in [0.15, 0.2) is 207 Å². The molecule has 13 aromatic rings. The van der Waals surface area contributed by atoms with Gasteiger partial charge in [0.15, 0.2) is 11.2 Å². The first kappa shape index (κ1) is 41.0. The molecular formula is C64H50N2O3. The minimum atomic E-state index is -0.103. The molecule has 0 unspecified atom stereocenters. The molecule has 0 aliphatic rings. The molecule has 0 fully saturated rings. The molecule has 0 N–H and O–H groups in total. The molecule has 334 valence electrons. The number of furan rings is 3. The molecule has 10 aromatic carbocycles. The van der Waals surface area contributed by atoms with Gasteiger partial charge in [-0.2, -0.15) is 0 Å². The average Bonchev–Trinajstić information content (AvgIpc) is 4.06. The van der Waals surface area contributed by atoms with E-state index in [1.54, 1.807) is 0 Å². The van der Waals surface area contributed by atoms with Gasteiger partial charge < -0.3 is 23.1 Å². The van der Waals surface area contributed by atoms with Gasteiger partial charge in [0, 0.05) is 77.7 Å². The van der Waals surface area contributed by atoms with Crippen molar-refractivity contribution in [2.24, 2.45) is 0 Å². The highest BCUT2D eigenvalue weighted by Gasteiger charge is 2.29. The van der Waals surface area contributed by atoms with Crippen molar-refractivity contribution in [2.75, 3.05) is 9.80 Å². The first-order valence-electron chi connectivity index (χ1n) is 23.9. The van der Waals surface area contributed by atoms with Gasteiger partial charge in [-0.25, -0.2) is 0 Å². The Hall–Kier alpha value is -8.28. The van der Waals surface area contributed by atoms with E-state index in [4.69, 9.17) is 13.3 Å². The van der Waals surface area contributed by atoms with Crippen molar-refractivity contribution in [3.05, 3.63) is 205 Å². The highest BCUT2D eigenvalue weighted by Crippen LogP contribution is 2.52. The number of fused-ring (bicyclic) bond motifs is 13. The van der Waals surface area contributed by atoms with Crippen LogP contribution in [0.25, 0.3) is 87.4 Å². The van der Waals surface area contributed by atoms with Crippen LogP contribution in [-0.2, 0) is 10.8 Å². The van der Waals surface area contributed by atoms with Crippen LogP contribution < -0.4 is 9.80 Å². The van der Waals surface area contributed by atoms with Gasteiger partial charge in [0.2, 0.25) is 0 Å². The van der Waals surface area contributed by atoms with E-state index in [2.05, 4.69) is 245 Å². The zero-order valence-electron chi connectivity index (χ0n) is 39.6. The zero-order chi connectivity index (χ0) is 46.8. The lowest BCUT2D eigenvalue weighted by molar-refractivity contribution is 0.572. The van der Waals surface area contributed by atoms with Gasteiger partial charge in [-0.15, -0.1) is 0 Å². The van der Waals surface area contributed by atoms with Gasteiger partial charge in [-0.1, -0.05) is 187 Å². The van der Waals surface area contributed by atoms with Crippen molar-refractivity contribution >= 4 is 121 Å². The summed E-state index contributed by atoms with van der Waals surface area (Å²) in [4.78, 5) is 4.69. The first-order valence-corrected chi connectivity index (χ1v) is 23.9. The van der Waals surface area contributed by atoms with Crippen molar-refractivity contribution in [1.82, 2.24) is 0 Å². The van der Waals surface area contributed by atoms with Crippen LogP contribution in [0.1, 0.15) is 52.7 Å². The third-order valence-electron chi connectivity index (χ3n) is 14.1. The van der Waals surface area contributed by atoms with Crippen LogP contribution in [0.5, 0.6) is 0 Å². The summed E-state index contributed by atoms with van der Waals surface area (Å²) in [6.45, 7) is 13.5. The third-order valence-corrected chi connectivity index (χ3v) is 14.1. The van der Waals surface area contributed by atoms with E-state index >= 15 is 0 Å². The molecule has 0 radical (unpaired) electrons. The normalized spacial score (nSPS) is 12.5. The second-order valence-corrected chi connectivity index (χ2v) is 20.4. The maximum Gasteiger partial charge on any atom is 0.159 e. The minimum Gasteiger partial charge on any atom is -0.456 e. The molecular weight excluding hydrogens is 845 g/mol.